The van der Waals surface area contributed by atoms with E-state index in [-0.39, 0.29) is 18.9 Å². The Labute approximate surface area is 162 Å². The third-order valence-corrected chi connectivity index (χ3v) is 5.60. The normalized spacial score (nSPS) is 11.2. The van der Waals surface area contributed by atoms with Crippen LogP contribution in [0.5, 0.6) is 0 Å². The van der Waals surface area contributed by atoms with Crippen molar-refractivity contribution in [2.45, 2.75) is 39.7 Å². The molecule has 0 aliphatic heterocycles. The molecule has 2 aromatic carbocycles. The summed E-state index contributed by atoms with van der Waals surface area (Å²) in [4.78, 5) is 12.1. The summed E-state index contributed by atoms with van der Waals surface area (Å²) >= 11 is 0. The second kappa shape index (κ2) is 9.55. The highest BCUT2D eigenvalue weighted by atomic mass is 32.2. The molecular formula is C21H28N2O3S. The van der Waals surface area contributed by atoms with E-state index in [1.807, 2.05) is 55.5 Å². The number of carbonyl (C=O) groups is 1. The lowest BCUT2D eigenvalue weighted by Gasteiger charge is -2.22. The lowest BCUT2D eigenvalue weighted by atomic mass is 10.1. The number of aryl methyl sites for hydroxylation is 2. The van der Waals surface area contributed by atoms with Gasteiger partial charge in [0.05, 0.1) is 11.9 Å². The molecule has 27 heavy (non-hydrogen) atoms. The minimum Gasteiger partial charge on any atom is -0.352 e. The van der Waals surface area contributed by atoms with Gasteiger partial charge >= 0.3 is 0 Å². The number of benzene rings is 2. The Morgan fingerprint density at radius 2 is 1.59 bits per heavy atom. The van der Waals surface area contributed by atoms with E-state index in [1.165, 1.54) is 16.1 Å². The number of rotatable bonds is 9. The first-order valence-corrected chi connectivity index (χ1v) is 11.0. The summed E-state index contributed by atoms with van der Waals surface area (Å²) in [6.45, 7) is 4.83. The molecule has 1 N–H and O–H groups in total. The van der Waals surface area contributed by atoms with Crippen LogP contribution in [0.1, 0.15) is 36.5 Å². The highest BCUT2D eigenvalue weighted by Gasteiger charge is 2.17. The van der Waals surface area contributed by atoms with E-state index in [0.717, 1.165) is 17.5 Å². The Hall–Kier alpha value is -2.34. The van der Waals surface area contributed by atoms with E-state index in [1.54, 1.807) is 0 Å². The summed E-state index contributed by atoms with van der Waals surface area (Å²) in [5.74, 6) is -0.0784. The average Bonchev–Trinajstić information content (AvgIpc) is 2.64. The maximum atomic E-state index is 12.1. The predicted octanol–water partition coefficient (Wildman–Crippen LogP) is 3.42. The lowest BCUT2D eigenvalue weighted by molar-refractivity contribution is -0.121. The summed E-state index contributed by atoms with van der Waals surface area (Å²) in [6.07, 6.45) is 2.84. The SMILES string of the molecule is CCc1ccc(N(CCCC(=O)NCc2ccc(C)cc2)S(C)(=O)=O)cc1. The lowest BCUT2D eigenvalue weighted by Crippen LogP contribution is -2.32. The first kappa shape index (κ1) is 21.0. The van der Waals surface area contributed by atoms with Crippen LogP contribution >= 0.6 is 0 Å². The van der Waals surface area contributed by atoms with Crippen LogP contribution in [-0.2, 0) is 27.8 Å². The predicted molar refractivity (Wildman–Crippen MR) is 110 cm³/mol. The van der Waals surface area contributed by atoms with Crippen molar-refractivity contribution in [3.05, 3.63) is 65.2 Å². The quantitative estimate of drug-likeness (QED) is 0.716. The van der Waals surface area contributed by atoms with Crippen molar-refractivity contribution in [3.8, 4) is 0 Å². The number of nitrogens with zero attached hydrogens (tertiary/aromatic N) is 1. The molecule has 0 aliphatic rings. The molecule has 0 atom stereocenters. The number of hydrogen-bond acceptors (Lipinski definition) is 3. The zero-order valence-electron chi connectivity index (χ0n) is 16.2. The summed E-state index contributed by atoms with van der Waals surface area (Å²) < 4.78 is 25.6. The standard InChI is InChI=1S/C21H28N2O3S/c1-4-18-11-13-20(14-12-18)23(27(3,25)26)15-5-6-21(24)22-16-19-9-7-17(2)8-10-19/h7-14H,4-6,15-16H2,1-3H3,(H,22,24). The van der Waals surface area contributed by atoms with Crippen molar-refractivity contribution in [1.82, 2.24) is 5.32 Å². The number of anilines is 1. The van der Waals surface area contributed by atoms with Crippen LogP contribution < -0.4 is 9.62 Å². The molecule has 0 radical (unpaired) electrons. The zero-order chi connectivity index (χ0) is 19.9. The van der Waals surface area contributed by atoms with Crippen LogP contribution in [0, 0.1) is 6.92 Å². The molecule has 0 heterocycles. The maximum absolute atomic E-state index is 12.1. The third kappa shape index (κ3) is 6.71. The van der Waals surface area contributed by atoms with Crippen molar-refractivity contribution in [3.63, 3.8) is 0 Å². The number of sulfonamides is 1. The molecule has 1 amide bonds. The van der Waals surface area contributed by atoms with Crippen LogP contribution in [-0.4, -0.2) is 27.1 Å². The fraction of sp³-hybridized carbons (Fsp3) is 0.381. The molecule has 0 fully saturated rings. The van der Waals surface area contributed by atoms with E-state index in [4.69, 9.17) is 0 Å². The summed E-state index contributed by atoms with van der Waals surface area (Å²) in [6, 6.07) is 15.5. The van der Waals surface area contributed by atoms with Gasteiger partial charge in [0, 0.05) is 19.5 Å². The van der Waals surface area contributed by atoms with Gasteiger partial charge in [0.1, 0.15) is 0 Å². The van der Waals surface area contributed by atoms with Gasteiger partial charge in [-0.15, -0.1) is 0 Å². The zero-order valence-corrected chi connectivity index (χ0v) is 17.1. The number of carbonyl (C=O) groups excluding carboxylic acids is 1. The monoisotopic (exact) mass is 388 g/mol. The first-order chi connectivity index (χ1) is 12.8. The highest BCUT2D eigenvalue weighted by molar-refractivity contribution is 7.92. The number of amides is 1. The summed E-state index contributed by atoms with van der Waals surface area (Å²) in [5.41, 5.74) is 4.01. The van der Waals surface area contributed by atoms with Gasteiger partial charge in [-0.3, -0.25) is 9.10 Å². The highest BCUT2D eigenvalue weighted by Crippen LogP contribution is 2.19. The number of hydrogen-bond donors (Lipinski definition) is 1. The van der Waals surface area contributed by atoms with E-state index < -0.39 is 10.0 Å². The average molecular weight is 389 g/mol. The van der Waals surface area contributed by atoms with Crippen molar-refractivity contribution in [1.29, 1.82) is 0 Å². The van der Waals surface area contributed by atoms with Crippen molar-refractivity contribution >= 4 is 21.6 Å². The van der Waals surface area contributed by atoms with Crippen LogP contribution in [0.2, 0.25) is 0 Å². The van der Waals surface area contributed by atoms with Gasteiger partial charge in [0.15, 0.2) is 0 Å². The molecule has 0 saturated carbocycles. The molecule has 0 aliphatic carbocycles. The van der Waals surface area contributed by atoms with Crippen LogP contribution in [0.3, 0.4) is 0 Å². The van der Waals surface area contributed by atoms with Crippen molar-refractivity contribution in [2.24, 2.45) is 0 Å². The smallest absolute Gasteiger partial charge is 0.232 e. The molecule has 0 spiro atoms. The second-order valence-electron chi connectivity index (χ2n) is 6.72. The van der Waals surface area contributed by atoms with E-state index in [9.17, 15) is 13.2 Å². The van der Waals surface area contributed by atoms with Crippen LogP contribution in [0.25, 0.3) is 0 Å². The van der Waals surface area contributed by atoms with Gasteiger partial charge in [-0.2, -0.15) is 0 Å². The Morgan fingerprint density at radius 3 is 2.15 bits per heavy atom. The largest absolute Gasteiger partial charge is 0.352 e. The molecule has 6 heteroatoms. The topological polar surface area (TPSA) is 66.5 Å². The first-order valence-electron chi connectivity index (χ1n) is 9.18. The van der Waals surface area contributed by atoms with E-state index in [2.05, 4.69) is 12.2 Å². The molecule has 146 valence electrons. The molecule has 0 unspecified atom stereocenters. The fourth-order valence-electron chi connectivity index (χ4n) is 2.76. The summed E-state index contributed by atoms with van der Waals surface area (Å²) in [7, 11) is -3.39. The molecule has 0 saturated heterocycles. The molecule has 0 aromatic heterocycles. The molecular weight excluding hydrogens is 360 g/mol. The van der Waals surface area contributed by atoms with Gasteiger partial charge in [0.2, 0.25) is 15.9 Å². The minimum absolute atomic E-state index is 0.0784. The Bertz CT molecular complexity index is 844. The van der Waals surface area contributed by atoms with Gasteiger partial charge in [-0.05, 0) is 43.0 Å². The van der Waals surface area contributed by atoms with Crippen LogP contribution in [0.4, 0.5) is 5.69 Å². The van der Waals surface area contributed by atoms with Gasteiger partial charge in [-0.25, -0.2) is 8.42 Å². The molecule has 5 nitrogen and oxygen atoms in total. The Balaban J connectivity index is 1.87. The maximum Gasteiger partial charge on any atom is 0.232 e. The van der Waals surface area contributed by atoms with Crippen molar-refractivity contribution < 1.29 is 13.2 Å². The fourth-order valence-corrected chi connectivity index (χ4v) is 3.73. The second-order valence-corrected chi connectivity index (χ2v) is 8.63. The summed E-state index contributed by atoms with van der Waals surface area (Å²) in [5, 5.41) is 2.88. The molecule has 0 bridgehead atoms. The Morgan fingerprint density at radius 1 is 1.00 bits per heavy atom. The van der Waals surface area contributed by atoms with Crippen molar-refractivity contribution in [2.75, 3.05) is 17.1 Å². The third-order valence-electron chi connectivity index (χ3n) is 4.41. The van der Waals surface area contributed by atoms with E-state index in [0.29, 0.717) is 18.7 Å². The Kier molecular flexibility index (Phi) is 7.42. The van der Waals surface area contributed by atoms with Crippen LogP contribution in [0.15, 0.2) is 48.5 Å². The van der Waals surface area contributed by atoms with Gasteiger partial charge in [0.25, 0.3) is 0 Å². The van der Waals surface area contributed by atoms with Gasteiger partial charge in [-0.1, -0.05) is 48.9 Å². The molecule has 2 aromatic rings. The number of nitrogens with one attached hydrogen (secondary N) is 1. The molecule has 2 rings (SSSR count). The van der Waals surface area contributed by atoms with E-state index >= 15 is 0 Å². The minimum atomic E-state index is -3.39. The van der Waals surface area contributed by atoms with Gasteiger partial charge < -0.3 is 5.32 Å².